The van der Waals surface area contributed by atoms with Crippen LogP contribution in [0.3, 0.4) is 0 Å². The molecule has 3 unspecified atom stereocenters. The van der Waals surface area contributed by atoms with Gasteiger partial charge in [-0.15, -0.1) is 0 Å². The van der Waals surface area contributed by atoms with Gasteiger partial charge < -0.3 is 19.8 Å². The number of phosphoric acid groups is 1. The Balaban J connectivity index is 3.98. The first-order valence-corrected chi connectivity index (χ1v) is 34.5. The van der Waals surface area contributed by atoms with Gasteiger partial charge in [-0.25, -0.2) is 4.57 Å². The van der Waals surface area contributed by atoms with Crippen LogP contribution in [-0.2, 0) is 18.4 Å². The molecular formula is C65H132N2O6P+. The molecule has 0 aliphatic rings. The number of amides is 1. The molecule has 0 aromatic carbocycles. The lowest BCUT2D eigenvalue weighted by Gasteiger charge is -2.26. The van der Waals surface area contributed by atoms with Gasteiger partial charge in [0.1, 0.15) is 13.2 Å². The number of phosphoric ester groups is 1. The Labute approximate surface area is 462 Å². The molecule has 74 heavy (non-hydrogen) atoms. The van der Waals surface area contributed by atoms with Crippen molar-refractivity contribution < 1.29 is 32.9 Å². The van der Waals surface area contributed by atoms with Gasteiger partial charge in [0, 0.05) is 6.42 Å². The molecule has 8 nitrogen and oxygen atoms in total. The molecular weight excluding hydrogens is 936 g/mol. The van der Waals surface area contributed by atoms with Crippen LogP contribution in [0.15, 0.2) is 12.2 Å². The minimum absolute atomic E-state index is 0.0770. The molecule has 0 aliphatic carbocycles. The highest BCUT2D eigenvalue weighted by Crippen LogP contribution is 2.43. The van der Waals surface area contributed by atoms with Crippen molar-refractivity contribution in [1.29, 1.82) is 0 Å². The molecule has 0 aromatic heterocycles. The second kappa shape index (κ2) is 56.9. The first kappa shape index (κ1) is 73.2. The van der Waals surface area contributed by atoms with Crippen LogP contribution in [0.1, 0.15) is 348 Å². The minimum atomic E-state index is -4.32. The van der Waals surface area contributed by atoms with E-state index in [4.69, 9.17) is 9.05 Å². The fraction of sp³-hybridized carbons (Fsp3) is 0.954. The first-order valence-electron chi connectivity index (χ1n) is 33.1. The maximum absolute atomic E-state index is 13.0. The van der Waals surface area contributed by atoms with E-state index in [1.807, 2.05) is 21.1 Å². The zero-order valence-corrected chi connectivity index (χ0v) is 51.5. The summed E-state index contributed by atoms with van der Waals surface area (Å²) in [6.45, 7) is 4.94. The van der Waals surface area contributed by atoms with Gasteiger partial charge >= 0.3 is 7.82 Å². The van der Waals surface area contributed by atoms with E-state index in [-0.39, 0.29) is 19.1 Å². The van der Waals surface area contributed by atoms with E-state index in [0.717, 1.165) is 38.5 Å². The van der Waals surface area contributed by atoms with Crippen LogP contribution < -0.4 is 5.32 Å². The van der Waals surface area contributed by atoms with Crippen LogP contribution in [0.5, 0.6) is 0 Å². The van der Waals surface area contributed by atoms with Gasteiger partial charge in [0.15, 0.2) is 0 Å². The van der Waals surface area contributed by atoms with Crippen molar-refractivity contribution >= 4 is 13.7 Å². The summed E-state index contributed by atoms with van der Waals surface area (Å²) in [5, 5.41) is 14.1. The van der Waals surface area contributed by atoms with E-state index in [0.29, 0.717) is 23.9 Å². The predicted octanol–water partition coefficient (Wildman–Crippen LogP) is 20.6. The predicted molar refractivity (Wildman–Crippen MR) is 323 cm³/mol. The molecule has 0 rings (SSSR count). The number of likely N-dealkylation sites (N-methyl/N-ethyl adjacent to an activating group) is 1. The number of rotatable bonds is 62. The minimum Gasteiger partial charge on any atom is -0.391 e. The van der Waals surface area contributed by atoms with E-state index in [1.54, 1.807) is 0 Å². The summed E-state index contributed by atoms with van der Waals surface area (Å²) in [6, 6.07) is -0.760. The Morgan fingerprint density at radius 2 is 0.730 bits per heavy atom. The molecule has 3 atom stereocenters. The SMILES string of the molecule is CCCCCCCC/C=C\CCCCCCCCCCCC(=O)NC(COP(=O)(O)OCC[N+](C)(C)C)C(O)CCCCCCCCCCCCCCCCCCCCCCCCCCCCCCCCCCC. The number of nitrogens with zero attached hydrogens (tertiary/aromatic N) is 1. The van der Waals surface area contributed by atoms with Crippen LogP contribution >= 0.6 is 7.82 Å². The van der Waals surface area contributed by atoms with Gasteiger partial charge in [0.05, 0.1) is 39.9 Å². The number of allylic oxidation sites excluding steroid dienone is 2. The van der Waals surface area contributed by atoms with E-state index in [1.165, 1.54) is 283 Å². The molecule has 0 aromatic rings. The third-order valence-corrected chi connectivity index (χ3v) is 16.5. The Kier molecular flexibility index (Phi) is 56.4. The largest absolute Gasteiger partial charge is 0.472 e. The molecule has 9 heteroatoms. The number of hydrogen-bond donors (Lipinski definition) is 3. The van der Waals surface area contributed by atoms with Gasteiger partial charge in [0.2, 0.25) is 5.91 Å². The number of hydrogen-bond acceptors (Lipinski definition) is 5. The third-order valence-electron chi connectivity index (χ3n) is 15.5. The lowest BCUT2D eigenvalue weighted by Crippen LogP contribution is -2.46. The molecule has 0 spiro atoms. The Morgan fingerprint density at radius 3 is 1.04 bits per heavy atom. The van der Waals surface area contributed by atoms with Gasteiger partial charge in [-0.2, -0.15) is 0 Å². The smallest absolute Gasteiger partial charge is 0.391 e. The third kappa shape index (κ3) is 58.9. The van der Waals surface area contributed by atoms with Crippen molar-refractivity contribution in [2.45, 2.75) is 360 Å². The zero-order chi connectivity index (χ0) is 54.2. The molecule has 0 bridgehead atoms. The lowest BCUT2D eigenvalue weighted by molar-refractivity contribution is -0.870. The van der Waals surface area contributed by atoms with Crippen molar-refractivity contribution in [3.8, 4) is 0 Å². The van der Waals surface area contributed by atoms with Crippen LogP contribution in [-0.4, -0.2) is 73.4 Å². The second-order valence-electron chi connectivity index (χ2n) is 24.2. The summed E-state index contributed by atoms with van der Waals surface area (Å²) >= 11 is 0. The molecule has 3 N–H and O–H groups in total. The standard InChI is InChI=1S/C65H131N2O6P/c1-6-8-10-12-14-16-18-20-22-24-26-27-28-29-30-31-32-33-34-35-36-37-38-39-41-42-44-46-48-50-52-54-56-58-64(68)63(62-73-74(70,71)72-61-60-67(3,4)5)66-65(69)59-57-55-53-51-49-47-45-43-40-25-23-21-19-17-15-13-11-9-7-2/h21,23,63-64,68H,6-20,22,24-62H2,1-5H3,(H-,66,69,70,71)/p+1/b23-21-. The average molecular weight is 1070 g/mol. The monoisotopic (exact) mass is 1070 g/mol. The maximum Gasteiger partial charge on any atom is 0.472 e. The van der Waals surface area contributed by atoms with E-state index in [9.17, 15) is 19.4 Å². The van der Waals surface area contributed by atoms with Crippen LogP contribution in [0.2, 0.25) is 0 Å². The topological polar surface area (TPSA) is 105 Å². The van der Waals surface area contributed by atoms with Gasteiger partial charge in [-0.3, -0.25) is 13.8 Å². The Hall–Kier alpha value is -0.760. The maximum atomic E-state index is 13.0. The normalized spacial score (nSPS) is 13.8. The number of aliphatic hydroxyl groups excluding tert-OH is 1. The van der Waals surface area contributed by atoms with E-state index in [2.05, 4.69) is 31.3 Å². The van der Waals surface area contributed by atoms with Crippen molar-refractivity contribution in [2.75, 3.05) is 40.9 Å². The summed E-state index contributed by atoms with van der Waals surface area (Å²) in [5.41, 5.74) is 0. The van der Waals surface area contributed by atoms with Crippen LogP contribution in [0, 0.1) is 0 Å². The van der Waals surface area contributed by atoms with Crippen molar-refractivity contribution in [1.82, 2.24) is 5.32 Å². The molecule has 1 amide bonds. The Bertz CT molecular complexity index is 1210. The summed E-state index contributed by atoms with van der Waals surface area (Å²) in [4.78, 5) is 23.4. The average Bonchev–Trinajstić information content (AvgIpc) is 3.36. The number of aliphatic hydroxyl groups is 1. The molecule has 0 heterocycles. The lowest BCUT2D eigenvalue weighted by atomic mass is 10.0. The summed E-state index contributed by atoms with van der Waals surface area (Å²) in [5.74, 6) is -0.140. The fourth-order valence-electron chi connectivity index (χ4n) is 10.3. The number of carbonyl (C=O) groups excluding carboxylic acids is 1. The molecule has 0 fully saturated rings. The second-order valence-corrected chi connectivity index (χ2v) is 25.7. The van der Waals surface area contributed by atoms with Crippen LogP contribution in [0.4, 0.5) is 0 Å². The summed E-state index contributed by atoms with van der Waals surface area (Å²) < 4.78 is 23.8. The Morgan fingerprint density at radius 1 is 0.446 bits per heavy atom. The molecule has 0 radical (unpaired) electrons. The zero-order valence-electron chi connectivity index (χ0n) is 50.6. The number of carbonyl (C=O) groups is 1. The van der Waals surface area contributed by atoms with Crippen molar-refractivity contribution in [3.05, 3.63) is 12.2 Å². The highest BCUT2D eigenvalue weighted by Gasteiger charge is 2.28. The number of nitrogens with one attached hydrogen (secondary N) is 1. The highest BCUT2D eigenvalue weighted by molar-refractivity contribution is 7.47. The van der Waals surface area contributed by atoms with Gasteiger partial charge in [-0.05, 0) is 38.5 Å². The molecule has 0 aliphatic heterocycles. The molecule has 0 saturated heterocycles. The van der Waals surface area contributed by atoms with Gasteiger partial charge in [-0.1, -0.05) is 315 Å². The van der Waals surface area contributed by atoms with Crippen molar-refractivity contribution in [3.63, 3.8) is 0 Å². The van der Waals surface area contributed by atoms with Gasteiger partial charge in [0.25, 0.3) is 0 Å². The highest BCUT2D eigenvalue weighted by atomic mass is 31.2. The molecule has 0 saturated carbocycles. The number of unbranched alkanes of at least 4 members (excludes halogenated alkanes) is 47. The van der Waals surface area contributed by atoms with Crippen LogP contribution in [0.25, 0.3) is 0 Å². The van der Waals surface area contributed by atoms with E-state index >= 15 is 0 Å². The summed E-state index contributed by atoms with van der Waals surface area (Å²) in [6.07, 6.45) is 71.6. The van der Waals surface area contributed by atoms with Crippen molar-refractivity contribution in [2.24, 2.45) is 0 Å². The quantitative estimate of drug-likeness (QED) is 0.0243. The summed E-state index contributed by atoms with van der Waals surface area (Å²) in [7, 11) is 1.63. The number of quaternary nitrogens is 1. The van der Waals surface area contributed by atoms with E-state index < -0.39 is 20.0 Å². The first-order chi connectivity index (χ1) is 36.0. The fourth-order valence-corrected chi connectivity index (χ4v) is 11.1. The molecule has 442 valence electrons.